The van der Waals surface area contributed by atoms with Gasteiger partial charge in [0.15, 0.2) is 0 Å². The second-order valence-corrected chi connectivity index (χ2v) is 3.71. The van der Waals surface area contributed by atoms with E-state index < -0.39 is 0 Å². The van der Waals surface area contributed by atoms with E-state index in [-0.39, 0.29) is 5.82 Å². The Balaban J connectivity index is 2.15. The van der Waals surface area contributed by atoms with Gasteiger partial charge in [-0.15, -0.1) is 0 Å². The third kappa shape index (κ3) is 5.65. The topological polar surface area (TPSA) is 30.5 Å². The minimum absolute atomic E-state index is 0.269. The van der Waals surface area contributed by atoms with E-state index in [4.69, 9.17) is 9.47 Å². The van der Waals surface area contributed by atoms with Crippen LogP contribution in [0.5, 0.6) is 5.75 Å². The molecule has 0 aliphatic carbocycles. The number of benzene rings is 1. The summed E-state index contributed by atoms with van der Waals surface area (Å²) < 4.78 is 23.6. The molecule has 0 saturated heterocycles. The summed E-state index contributed by atoms with van der Waals surface area (Å²) in [6.45, 7) is 7.36. The highest BCUT2D eigenvalue weighted by Gasteiger charge is 2.00. The van der Waals surface area contributed by atoms with Gasteiger partial charge in [-0.05, 0) is 25.5 Å². The minimum atomic E-state index is -0.269. The maximum Gasteiger partial charge on any atom is 0.126 e. The zero-order chi connectivity index (χ0) is 12.5. The van der Waals surface area contributed by atoms with Gasteiger partial charge in [0.2, 0.25) is 0 Å². The van der Waals surface area contributed by atoms with Crippen molar-refractivity contribution in [3.8, 4) is 5.75 Å². The van der Waals surface area contributed by atoms with Crippen LogP contribution in [0.1, 0.15) is 12.5 Å². The molecule has 96 valence electrons. The number of aryl methyl sites for hydroxylation is 1. The molecule has 0 fully saturated rings. The second kappa shape index (κ2) is 8.03. The quantitative estimate of drug-likeness (QED) is 0.707. The van der Waals surface area contributed by atoms with Gasteiger partial charge < -0.3 is 14.8 Å². The third-order valence-electron chi connectivity index (χ3n) is 2.31. The fourth-order valence-corrected chi connectivity index (χ4v) is 1.38. The lowest BCUT2D eigenvalue weighted by Gasteiger charge is -2.09. The van der Waals surface area contributed by atoms with Crippen molar-refractivity contribution >= 4 is 0 Å². The molecule has 0 unspecified atom stereocenters. The summed E-state index contributed by atoms with van der Waals surface area (Å²) in [5.74, 6) is 0.339. The molecule has 17 heavy (non-hydrogen) atoms. The molecule has 3 nitrogen and oxygen atoms in total. The summed E-state index contributed by atoms with van der Waals surface area (Å²) in [7, 11) is 0. The van der Waals surface area contributed by atoms with Crippen LogP contribution in [-0.2, 0) is 4.74 Å². The van der Waals surface area contributed by atoms with Gasteiger partial charge in [0.25, 0.3) is 0 Å². The van der Waals surface area contributed by atoms with Crippen molar-refractivity contribution in [2.24, 2.45) is 0 Å². The Morgan fingerprint density at radius 2 is 2.00 bits per heavy atom. The zero-order valence-electron chi connectivity index (χ0n) is 10.5. The maximum absolute atomic E-state index is 12.9. The van der Waals surface area contributed by atoms with E-state index in [1.165, 1.54) is 12.1 Å². The number of nitrogens with one attached hydrogen (secondary N) is 1. The van der Waals surface area contributed by atoms with E-state index in [1.807, 2.05) is 13.8 Å². The van der Waals surface area contributed by atoms with Crippen molar-refractivity contribution in [1.29, 1.82) is 0 Å². The standard InChI is InChI=1S/C13H20FNO2/c1-3-16-8-6-15-7-9-17-13-10-12(14)5-4-11(13)2/h4-5,10,15H,3,6-9H2,1-2H3. The van der Waals surface area contributed by atoms with Crippen LogP contribution < -0.4 is 10.1 Å². The lowest BCUT2D eigenvalue weighted by molar-refractivity contribution is 0.148. The van der Waals surface area contributed by atoms with Crippen LogP contribution in [-0.4, -0.2) is 32.9 Å². The van der Waals surface area contributed by atoms with Crippen molar-refractivity contribution < 1.29 is 13.9 Å². The molecule has 1 rings (SSSR count). The Kier molecular flexibility index (Phi) is 6.58. The van der Waals surface area contributed by atoms with Crippen molar-refractivity contribution in [2.45, 2.75) is 13.8 Å². The number of rotatable bonds is 8. The van der Waals surface area contributed by atoms with E-state index in [9.17, 15) is 4.39 Å². The van der Waals surface area contributed by atoms with Crippen LogP contribution in [0.3, 0.4) is 0 Å². The van der Waals surface area contributed by atoms with Crippen LogP contribution in [0.15, 0.2) is 18.2 Å². The molecule has 0 atom stereocenters. The summed E-state index contributed by atoms with van der Waals surface area (Å²) in [6, 6.07) is 4.56. The minimum Gasteiger partial charge on any atom is -0.492 e. The SMILES string of the molecule is CCOCCNCCOc1cc(F)ccc1C. The molecule has 0 saturated carbocycles. The number of ether oxygens (including phenoxy) is 2. The van der Waals surface area contributed by atoms with Gasteiger partial charge in [-0.3, -0.25) is 0 Å². The van der Waals surface area contributed by atoms with Crippen LogP contribution in [0, 0.1) is 12.7 Å². The molecule has 0 spiro atoms. The average Bonchev–Trinajstić information content (AvgIpc) is 2.32. The fraction of sp³-hybridized carbons (Fsp3) is 0.538. The molecule has 0 amide bonds. The van der Waals surface area contributed by atoms with Crippen LogP contribution in [0.25, 0.3) is 0 Å². The molecule has 0 radical (unpaired) electrons. The van der Waals surface area contributed by atoms with E-state index >= 15 is 0 Å². The molecular formula is C13H20FNO2. The maximum atomic E-state index is 12.9. The van der Waals surface area contributed by atoms with Gasteiger partial charge in [0.05, 0.1) is 6.61 Å². The molecule has 0 aliphatic heterocycles. The van der Waals surface area contributed by atoms with Gasteiger partial charge in [-0.2, -0.15) is 0 Å². The van der Waals surface area contributed by atoms with Gasteiger partial charge in [0.1, 0.15) is 18.2 Å². The van der Waals surface area contributed by atoms with E-state index in [2.05, 4.69) is 5.32 Å². The first-order valence-electron chi connectivity index (χ1n) is 5.91. The largest absolute Gasteiger partial charge is 0.492 e. The highest BCUT2D eigenvalue weighted by atomic mass is 19.1. The van der Waals surface area contributed by atoms with Gasteiger partial charge >= 0.3 is 0 Å². The molecule has 1 aromatic rings. The number of halogens is 1. The molecular weight excluding hydrogens is 221 g/mol. The summed E-state index contributed by atoms with van der Waals surface area (Å²) in [4.78, 5) is 0. The summed E-state index contributed by atoms with van der Waals surface area (Å²) in [5.41, 5.74) is 0.945. The lowest BCUT2D eigenvalue weighted by atomic mass is 10.2. The average molecular weight is 241 g/mol. The Morgan fingerprint density at radius 3 is 2.76 bits per heavy atom. The Morgan fingerprint density at radius 1 is 1.24 bits per heavy atom. The zero-order valence-corrected chi connectivity index (χ0v) is 10.5. The molecule has 0 heterocycles. The summed E-state index contributed by atoms with van der Waals surface area (Å²) in [5, 5.41) is 3.18. The molecule has 0 aliphatic rings. The monoisotopic (exact) mass is 241 g/mol. The highest BCUT2D eigenvalue weighted by molar-refractivity contribution is 5.32. The van der Waals surface area contributed by atoms with Crippen molar-refractivity contribution in [1.82, 2.24) is 5.32 Å². The smallest absolute Gasteiger partial charge is 0.126 e. The first-order valence-corrected chi connectivity index (χ1v) is 5.91. The van der Waals surface area contributed by atoms with E-state index in [0.717, 1.165) is 25.3 Å². The van der Waals surface area contributed by atoms with Gasteiger partial charge in [-0.1, -0.05) is 6.07 Å². The molecule has 0 aromatic heterocycles. The van der Waals surface area contributed by atoms with E-state index in [1.54, 1.807) is 6.07 Å². The first kappa shape index (κ1) is 13.9. The van der Waals surface area contributed by atoms with Gasteiger partial charge in [-0.25, -0.2) is 4.39 Å². The highest BCUT2D eigenvalue weighted by Crippen LogP contribution is 2.18. The molecule has 0 bridgehead atoms. The molecule has 1 N–H and O–H groups in total. The first-order chi connectivity index (χ1) is 8.24. The Labute approximate surface area is 102 Å². The predicted molar refractivity (Wildman–Crippen MR) is 66.0 cm³/mol. The second-order valence-electron chi connectivity index (χ2n) is 3.71. The van der Waals surface area contributed by atoms with Crippen LogP contribution >= 0.6 is 0 Å². The van der Waals surface area contributed by atoms with Gasteiger partial charge in [0, 0.05) is 25.8 Å². The number of hydrogen-bond acceptors (Lipinski definition) is 3. The van der Waals surface area contributed by atoms with Crippen molar-refractivity contribution in [3.05, 3.63) is 29.6 Å². The predicted octanol–water partition coefficient (Wildman–Crippen LogP) is 2.14. The van der Waals surface area contributed by atoms with Crippen molar-refractivity contribution in [3.63, 3.8) is 0 Å². The Bertz CT molecular complexity index is 331. The summed E-state index contributed by atoms with van der Waals surface area (Å²) in [6.07, 6.45) is 0. The fourth-order valence-electron chi connectivity index (χ4n) is 1.38. The van der Waals surface area contributed by atoms with Crippen molar-refractivity contribution in [2.75, 3.05) is 32.9 Å². The molecule has 1 aromatic carbocycles. The van der Waals surface area contributed by atoms with Crippen LogP contribution in [0.2, 0.25) is 0 Å². The Hall–Kier alpha value is -1.13. The third-order valence-corrected chi connectivity index (χ3v) is 2.31. The summed E-state index contributed by atoms with van der Waals surface area (Å²) >= 11 is 0. The lowest BCUT2D eigenvalue weighted by Crippen LogP contribution is -2.25. The van der Waals surface area contributed by atoms with Crippen LogP contribution in [0.4, 0.5) is 4.39 Å². The number of hydrogen-bond donors (Lipinski definition) is 1. The molecule has 4 heteroatoms. The normalized spacial score (nSPS) is 10.5. The van der Waals surface area contributed by atoms with E-state index in [0.29, 0.717) is 19.0 Å².